The van der Waals surface area contributed by atoms with Gasteiger partial charge in [-0.05, 0) is 64.9 Å². The van der Waals surface area contributed by atoms with Gasteiger partial charge in [0, 0.05) is 176 Å². The van der Waals surface area contributed by atoms with E-state index in [-0.39, 0.29) is 123 Å². The van der Waals surface area contributed by atoms with E-state index in [1.54, 1.807) is 106 Å². The summed E-state index contributed by atoms with van der Waals surface area (Å²) in [6.07, 6.45) is 8.10. The van der Waals surface area contributed by atoms with Gasteiger partial charge in [0.25, 0.3) is 0 Å². The van der Waals surface area contributed by atoms with Crippen LogP contribution in [-0.2, 0) is 101 Å². The van der Waals surface area contributed by atoms with Crippen molar-refractivity contribution in [3.05, 3.63) is 279 Å². The van der Waals surface area contributed by atoms with E-state index >= 15 is 0 Å². The molecule has 5 aromatic heterocycles. The summed E-state index contributed by atoms with van der Waals surface area (Å²) in [4.78, 5) is 73.3. The average Bonchev–Trinajstić information content (AvgIpc) is 1.84. The number of halogens is 2. The zero-order valence-corrected chi connectivity index (χ0v) is 59.2. The number of methoxy groups -OCH3 is 1. The zero-order valence-electron chi connectivity index (χ0n) is 45.7. The Kier molecular flexibility index (Phi) is 34.7. The van der Waals surface area contributed by atoms with Gasteiger partial charge in [-0.1, -0.05) is 124 Å². The van der Waals surface area contributed by atoms with Crippen LogP contribution < -0.4 is 9.64 Å². The maximum Gasteiger partial charge on any atom is 0.226 e. The third kappa shape index (κ3) is 24.0. The molecule has 0 saturated carbocycles. The van der Waals surface area contributed by atoms with Crippen LogP contribution in [0.2, 0.25) is 0 Å². The summed E-state index contributed by atoms with van der Waals surface area (Å²) < 4.78 is 18.7. The second-order valence-electron chi connectivity index (χ2n) is 16.8. The van der Waals surface area contributed by atoms with Crippen LogP contribution in [0.15, 0.2) is 187 Å². The Labute approximate surface area is 578 Å². The number of aromatic nitrogens is 5. The van der Waals surface area contributed by atoms with Gasteiger partial charge in [-0.2, -0.15) is 0 Å². The number of ether oxygens (including phenoxy) is 1. The van der Waals surface area contributed by atoms with Crippen molar-refractivity contribution in [2.75, 3.05) is 26.1 Å². The minimum atomic E-state index is -0.898. The fourth-order valence-electron chi connectivity index (χ4n) is 6.97. The molecule has 0 aliphatic carbocycles. The molecule has 5 heterocycles. The van der Waals surface area contributed by atoms with E-state index in [9.17, 15) is 55.0 Å². The second-order valence-corrected chi connectivity index (χ2v) is 17.8. The molecule has 463 valence electrons. The van der Waals surface area contributed by atoms with Crippen LogP contribution in [0.25, 0.3) is 56.3 Å². The zero-order chi connectivity index (χ0) is 60.0. The number of nitro groups is 5. The Morgan fingerprint density at radius 1 is 0.477 bits per heavy atom. The number of nitro benzene ring substituents is 5. The van der Waals surface area contributed by atoms with Gasteiger partial charge < -0.3 is 34.6 Å². The summed E-state index contributed by atoms with van der Waals surface area (Å²) in [6, 6.07) is 54.3. The first kappa shape index (κ1) is 78.1. The van der Waals surface area contributed by atoms with Crippen molar-refractivity contribution in [1.82, 2.24) is 24.9 Å². The molecule has 5 radical (unpaired) electrons. The van der Waals surface area contributed by atoms with Crippen molar-refractivity contribution in [2.24, 2.45) is 0 Å². The van der Waals surface area contributed by atoms with E-state index < -0.39 is 36.1 Å². The summed E-state index contributed by atoms with van der Waals surface area (Å²) in [5.74, 6) is -0.250. The topological polar surface area (TPSA) is 293 Å². The van der Waals surface area contributed by atoms with Gasteiger partial charge in [0.1, 0.15) is 11.6 Å². The Morgan fingerprint density at radius 2 is 0.932 bits per heavy atom. The Hall–Kier alpha value is -7.89. The van der Waals surface area contributed by atoms with Crippen LogP contribution in [0.4, 0.5) is 38.5 Å². The standard InChI is InChI=1S/C13H12N3O2.C12H9N2O3.C12H9N2O2.C11H6BrN2O2.C11H6FN2O2.5Ir/c1-15(2)11-6-7-14-13(9-11)10-4-3-5-12(8-10)16(17)18;1-17-11-5-6-13-12(8-11)9-3-2-4-10(7-9)14(15)16;1-9-6-10(8-11(7-9)14(15)16)12-4-2-3-5-13-12;12-9-5-8(6-10(7-9)14(15)16)11-3-1-2-4-13-11;12-9-5-4-8(7-11(9)14(15)16)10-3-1-2-6-13-10;;;;;/h3,5-9H,1-2H3;2,4-8H,1H3;2-5,7-8H,1H3;1-5,7H;1-3,5-7H;;;;;/q5*-1;;;;;. The van der Waals surface area contributed by atoms with Crippen LogP contribution in [0.3, 0.4) is 0 Å². The maximum atomic E-state index is 13.0. The first-order valence-electron chi connectivity index (χ1n) is 23.9. The molecule has 88 heavy (non-hydrogen) atoms. The molecule has 5 aromatic carbocycles. The van der Waals surface area contributed by atoms with E-state index in [0.29, 0.717) is 66.5 Å². The number of benzene rings is 5. The molecule has 0 amide bonds. The van der Waals surface area contributed by atoms with Gasteiger partial charge in [0.2, 0.25) is 5.69 Å². The third-order valence-corrected chi connectivity index (χ3v) is 11.3. The normalized spacial score (nSPS) is 9.48. The third-order valence-electron chi connectivity index (χ3n) is 10.9. The Morgan fingerprint density at radius 3 is 1.39 bits per heavy atom. The van der Waals surface area contributed by atoms with Gasteiger partial charge in [0.05, 0.1) is 7.11 Å². The largest absolute Gasteiger partial charge is 0.497 e. The van der Waals surface area contributed by atoms with Gasteiger partial charge >= 0.3 is 0 Å². The number of pyridine rings is 5. The van der Waals surface area contributed by atoms with Gasteiger partial charge in [-0.15, -0.1) is 81.9 Å². The molecule has 10 rings (SSSR count). The summed E-state index contributed by atoms with van der Waals surface area (Å²) in [7, 11) is 5.41. The molecule has 0 N–H and O–H groups in total. The smallest absolute Gasteiger partial charge is 0.226 e. The molecule has 0 bridgehead atoms. The number of hydrogen-bond acceptors (Lipinski definition) is 17. The maximum absolute atomic E-state index is 13.0. The molecule has 22 nitrogen and oxygen atoms in total. The Bertz CT molecular complexity index is 3820. The van der Waals surface area contributed by atoms with Crippen LogP contribution in [0.5, 0.6) is 5.75 Å². The molecular formula is C59H42BrFIr5N11O11-5. The minimum absolute atomic E-state index is 0. The van der Waals surface area contributed by atoms with Gasteiger partial charge in [-0.3, -0.25) is 55.0 Å². The summed E-state index contributed by atoms with van der Waals surface area (Å²) >= 11 is 3.23. The van der Waals surface area contributed by atoms with Crippen molar-refractivity contribution >= 4 is 50.1 Å². The molecule has 0 aliphatic rings. The number of rotatable bonds is 12. The molecule has 0 saturated heterocycles. The average molecular weight is 2140 g/mol. The van der Waals surface area contributed by atoms with Gasteiger partial charge in [0.15, 0.2) is 22.7 Å². The summed E-state index contributed by atoms with van der Waals surface area (Å²) in [5, 5.41) is 53.3. The monoisotopic (exact) mass is 2140 g/mol. The Balaban J connectivity index is 0.000000543. The van der Waals surface area contributed by atoms with Crippen molar-refractivity contribution in [3.8, 4) is 62.0 Å². The molecule has 0 spiro atoms. The first-order chi connectivity index (χ1) is 39.8. The summed E-state index contributed by atoms with van der Waals surface area (Å²) in [6.45, 7) is 1.78. The van der Waals surface area contributed by atoms with Gasteiger partial charge in [-0.25, -0.2) is 0 Å². The number of nitrogens with zero attached hydrogens (tertiary/aromatic N) is 11. The van der Waals surface area contributed by atoms with Crippen LogP contribution in [-0.4, -0.2) is 70.7 Å². The van der Waals surface area contributed by atoms with Crippen molar-refractivity contribution < 1.29 is 134 Å². The van der Waals surface area contributed by atoms with Crippen molar-refractivity contribution in [3.63, 3.8) is 0 Å². The van der Waals surface area contributed by atoms with E-state index in [2.05, 4.69) is 71.2 Å². The second kappa shape index (κ2) is 39.1. The predicted octanol–water partition coefficient (Wildman–Crippen LogP) is 13.6. The minimum Gasteiger partial charge on any atom is -0.497 e. The van der Waals surface area contributed by atoms with E-state index in [4.69, 9.17) is 4.74 Å². The molecule has 29 heteroatoms. The fourth-order valence-corrected chi connectivity index (χ4v) is 7.42. The molecule has 0 atom stereocenters. The molecular weight excluding hydrogens is 2100 g/mol. The van der Waals surface area contributed by atoms with Crippen LogP contribution in [0, 0.1) is 93.6 Å². The van der Waals surface area contributed by atoms with Crippen LogP contribution in [0.1, 0.15) is 5.56 Å². The first-order valence-corrected chi connectivity index (χ1v) is 24.7. The van der Waals surface area contributed by atoms with Crippen molar-refractivity contribution in [1.29, 1.82) is 0 Å². The number of non-ortho nitro benzene ring substituents is 4. The van der Waals surface area contributed by atoms with E-state index in [1.165, 1.54) is 54.6 Å². The SMILES string of the molecule is CN(C)c1ccnc(-c2[c-]ccc([N+](=O)[O-])c2)c1.COc1ccnc(-c2[c-]ccc([N+](=O)[O-])c2)c1.Cc1[c-]c(-c2ccccn2)cc([N+](=O)[O-])c1.O=[N+]([O-])c1[c-]c(-c2ccccn2)cc(Br)c1.O=[N+]([O-])c1cc(-c2ccccn2)[c-]cc1F.[Ir].[Ir].[Ir].[Ir].[Ir]. The van der Waals surface area contributed by atoms with E-state index in [0.717, 1.165) is 23.4 Å². The quantitative estimate of drug-likeness (QED) is 0.0623. The van der Waals surface area contributed by atoms with Crippen molar-refractivity contribution in [2.45, 2.75) is 6.92 Å². The molecule has 0 fully saturated rings. The predicted molar refractivity (Wildman–Crippen MR) is 309 cm³/mol. The number of hydrogen-bond donors (Lipinski definition) is 0. The molecule has 10 aromatic rings. The number of anilines is 1. The fraction of sp³-hybridized carbons (Fsp3) is 0.0678. The molecule has 0 unspecified atom stereocenters. The van der Waals surface area contributed by atoms with E-state index in [1.807, 2.05) is 43.3 Å². The molecule has 0 aliphatic heterocycles. The van der Waals surface area contributed by atoms with Crippen LogP contribution >= 0.6 is 15.9 Å². The number of aryl methyl sites for hydroxylation is 1. The summed E-state index contributed by atoms with van der Waals surface area (Å²) in [5.41, 5.74) is 7.16.